The maximum Gasteiger partial charge on any atom is 0.239 e. The summed E-state index contributed by atoms with van der Waals surface area (Å²) in [6.45, 7) is 2.06. The summed E-state index contributed by atoms with van der Waals surface area (Å²) in [6, 6.07) is 7.69. The van der Waals surface area contributed by atoms with E-state index in [4.69, 9.17) is 4.74 Å². The highest BCUT2D eigenvalue weighted by Crippen LogP contribution is 2.16. The molecule has 4 nitrogen and oxygen atoms in total. The predicted molar refractivity (Wildman–Crippen MR) is 90.2 cm³/mol. The van der Waals surface area contributed by atoms with Gasteiger partial charge in [-0.25, -0.2) is 0 Å². The van der Waals surface area contributed by atoms with Gasteiger partial charge < -0.3 is 15.0 Å². The Kier molecular flexibility index (Phi) is 8.07. The zero-order valence-electron chi connectivity index (χ0n) is 12.2. The summed E-state index contributed by atoms with van der Waals surface area (Å²) >= 11 is 3.38. The maximum absolute atomic E-state index is 12.2. The average molecular weight is 378 g/mol. The van der Waals surface area contributed by atoms with Gasteiger partial charge >= 0.3 is 0 Å². The number of halogens is 2. The van der Waals surface area contributed by atoms with E-state index in [0.29, 0.717) is 13.2 Å². The topological polar surface area (TPSA) is 41.6 Å². The van der Waals surface area contributed by atoms with E-state index >= 15 is 0 Å². The maximum atomic E-state index is 12.2. The van der Waals surface area contributed by atoms with Crippen LogP contribution in [0.4, 0.5) is 0 Å². The highest BCUT2D eigenvalue weighted by Gasteiger charge is 2.23. The molecule has 21 heavy (non-hydrogen) atoms. The molecule has 0 spiro atoms. The molecule has 0 aliphatic carbocycles. The van der Waals surface area contributed by atoms with Crippen molar-refractivity contribution in [3.8, 4) is 5.75 Å². The second-order valence-corrected chi connectivity index (χ2v) is 5.98. The fraction of sp³-hybridized carbons (Fsp3) is 0.533. The molecule has 0 radical (unpaired) electrons. The molecule has 6 heteroatoms. The van der Waals surface area contributed by atoms with Gasteiger partial charge in [0.05, 0.1) is 12.6 Å². The number of nitrogens with one attached hydrogen (secondary N) is 1. The van der Waals surface area contributed by atoms with Crippen LogP contribution in [0.2, 0.25) is 0 Å². The van der Waals surface area contributed by atoms with E-state index in [1.54, 1.807) is 4.90 Å². The quantitative estimate of drug-likeness (QED) is 0.858. The smallest absolute Gasteiger partial charge is 0.239 e. The number of carbonyl (C=O) groups excluding carboxylic acids is 1. The van der Waals surface area contributed by atoms with Crippen LogP contribution in [0.15, 0.2) is 28.7 Å². The Hall–Kier alpha value is -0.780. The van der Waals surface area contributed by atoms with Crippen LogP contribution < -0.4 is 10.1 Å². The van der Waals surface area contributed by atoms with Gasteiger partial charge in [-0.05, 0) is 43.7 Å². The molecule has 1 amide bonds. The van der Waals surface area contributed by atoms with Crippen LogP contribution in [-0.2, 0) is 4.79 Å². The lowest BCUT2D eigenvalue weighted by Gasteiger charge is -2.27. The summed E-state index contributed by atoms with van der Waals surface area (Å²) in [5.74, 6) is 0.994. The second-order valence-electron chi connectivity index (χ2n) is 5.06. The van der Waals surface area contributed by atoms with Crippen molar-refractivity contribution in [1.29, 1.82) is 0 Å². The number of likely N-dealkylation sites (N-methyl/N-ethyl adjacent to an activating group) is 1. The molecule has 1 aromatic rings. The Morgan fingerprint density at radius 1 is 1.38 bits per heavy atom. The predicted octanol–water partition coefficient (Wildman–Crippen LogP) is 2.85. The zero-order valence-corrected chi connectivity index (χ0v) is 14.6. The molecule has 0 bridgehead atoms. The molecule has 118 valence electrons. The van der Waals surface area contributed by atoms with E-state index in [1.165, 1.54) is 6.42 Å². The number of piperidine rings is 1. The minimum atomic E-state index is -0.0126. The summed E-state index contributed by atoms with van der Waals surface area (Å²) in [7, 11) is 1.84. The highest BCUT2D eigenvalue weighted by molar-refractivity contribution is 9.10. The van der Waals surface area contributed by atoms with Gasteiger partial charge in [0, 0.05) is 11.5 Å². The van der Waals surface area contributed by atoms with Crippen molar-refractivity contribution in [3.05, 3.63) is 28.7 Å². The summed E-state index contributed by atoms with van der Waals surface area (Å²) in [6.07, 6.45) is 3.24. The molecule has 1 aromatic carbocycles. The Labute approximate surface area is 140 Å². The normalized spacial score (nSPS) is 17.7. The lowest BCUT2D eigenvalue weighted by Crippen LogP contribution is -2.48. The fourth-order valence-corrected chi connectivity index (χ4v) is 2.53. The second kappa shape index (κ2) is 9.28. The van der Waals surface area contributed by atoms with Gasteiger partial charge in [0.25, 0.3) is 0 Å². The molecule has 1 aliphatic rings. The summed E-state index contributed by atoms with van der Waals surface area (Å²) in [5.41, 5.74) is 0. The summed E-state index contributed by atoms with van der Waals surface area (Å²) in [5, 5.41) is 3.28. The fourth-order valence-electron chi connectivity index (χ4n) is 2.27. The van der Waals surface area contributed by atoms with Crippen LogP contribution in [-0.4, -0.2) is 43.6 Å². The number of hydrogen-bond donors (Lipinski definition) is 1. The molecule has 1 N–H and O–H groups in total. The van der Waals surface area contributed by atoms with Gasteiger partial charge in [-0.2, -0.15) is 0 Å². The molecule has 1 fully saturated rings. The van der Waals surface area contributed by atoms with Crippen LogP contribution in [0.5, 0.6) is 5.75 Å². The third-order valence-electron chi connectivity index (χ3n) is 3.49. The molecular weight excluding hydrogens is 356 g/mol. The molecule has 1 heterocycles. The highest BCUT2D eigenvalue weighted by atomic mass is 79.9. The van der Waals surface area contributed by atoms with Crippen molar-refractivity contribution in [3.63, 3.8) is 0 Å². The Bertz CT molecular complexity index is 436. The van der Waals surface area contributed by atoms with Crippen LogP contribution in [0.3, 0.4) is 0 Å². The van der Waals surface area contributed by atoms with Gasteiger partial charge in [0.15, 0.2) is 0 Å². The van der Waals surface area contributed by atoms with Crippen molar-refractivity contribution < 1.29 is 9.53 Å². The van der Waals surface area contributed by atoms with Gasteiger partial charge in [0.1, 0.15) is 12.4 Å². The average Bonchev–Trinajstić information content (AvgIpc) is 2.49. The first-order chi connectivity index (χ1) is 9.66. The lowest BCUT2D eigenvalue weighted by molar-refractivity contribution is -0.133. The minimum Gasteiger partial charge on any atom is -0.492 e. The number of benzene rings is 1. The van der Waals surface area contributed by atoms with Gasteiger partial charge in [-0.1, -0.05) is 22.4 Å². The minimum absolute atomic E-state index is 0. The molecule has 1 saturated heterocycles. The number of rotatable bonds is 5. The van der Waals surface area contributed by atoms with Crippen molar-refractivity contribution >= 4 is 34.2 Å². The van der Waals surface area contributed by atoms with Crippen LogP contribution >= 0.6 is 28.3 Å². The van der Waals surface area contributed by atoms with Crippen molar-refractivity contribution in [2.24, 2.45) is 0 Å². The van der Waals surface area contributed by atoms with Crippen LogP contribution in [0, 0.1) is 0 Å². The SMILES string of the molecule is CN(CCOc1ccc(Br)cc1)C(=O)C1CCCCN1.Cl. The molecule has 0 saturated carbocycles. The first-order valence-electron chi connectivity index (χ1n) is 7.03. The monoisotopic (exact) mass is 376 g/mol. The molecular formula is C15H22BrClN2O2. The van der Waals surface area contributed by atoms with Gasteiger partial charge in [-0.3, -0.25) is 4.79 Å². The van der Waals surface area contributed by atoms with E-state index in [0.717, 1.165) is 29.6 Å². The molecule has 2 rings (SSSR count). The van der Waals surface area contributed by atoms with Gasteiger partial charge in [-0.15, -0.1) is 12.4 Å². The van der Waals surface area contributed by atoms with Crippen molar-refractivity contribution in [2.45, 2.75) is 25.3 Å². The first kappa shape index (κ1) is 18.3. The molecule has 0 aromatic heterocycles. The third kappa shape index (κ3) is 5.85. The van der Waals surface area contributed by atoms with Crippen molar-refractivity contribution in [1.82, 2.24) is 10.2 Å². The third-order valence-corrected chi connectivity index (χ3v) is 4.02. The Morgan fingerprint density at radius 2 is 2.10 bits per heavy atom. The zero-order chi connectivity index (χ0) is 14.4. The van der Waals surface area contributed by atoms with E-state index in [1.807, 2.05) is 31.3 Å². The Balaban J connectivity index is 0.00000220. The number of nitrogens with zero attached hydrogens (tertiary/aromatic N) is 1. The van der Waals surface area contributed by atoms with E-state index in [9.17, 15) is 4.79 Å². The number of hydrogen-bond acceptors (Lipinski definition) is 3. The number of ether oxygens (including phenoxy) is 1. The van der Waals surface area contributed by atoms with Crippen LogP contribution in [0.1, 0.15) is 19.3 Å². The van der Waals surface area contributed by atoms with Crippen LogP contribution in [0.25, 0.3) is 0 Å². The molecule has 1 atom stereocenters. The molecule has 1 aliphatic heterocycles. The van der Waals surface area contributed by atoms with Crippen molar-refractivity contribution in [2.75, 3.05) is 26.7 Å². The standard InChI is InChI=1S/C15H21BrN2O2.ClH/c1-18(15(19)14-4-2-3-9-17-14)10-11-20-13-7-5-12(16)6-8-13;/h5-8,14,17H,2-4,9-11H2,1H3;1H. The summed E-state index contributed by atoms with van der Waals surface area (Å²) < 4.78 is 6.66. The molecule has 1 unspecified atom stereocenters. The number of amides is 1. The largest absolute Gasteiger partial charge is 0.492 e. The van der Waals surface area contributed by atoms with E-state index in [-0.39, 0.29) is 24.4 Å². The van der Waals surface area contributed by atoms with E-state index < -0.39 is 0 Å². The lowest BCUT2D eigenvalue weighted by atomic mass is 10.0. The number of carbonyl (C=O) groups is 1. The first-order valence-corrected chi connectivity index (χ1v) is 7.83. The summed E-state index contributed by atoms with van der Waals surface area (Å²) in [4.78, 5) is 13.9. The Morgan fingerprint density at radius 3 is 2.71 bits per heavy atom. The van der Waals surface area contributed by atoms with E-state index in [2.05, 4.69) is 21.2 Å². The van der Waals surface area contributed by atoms with Gasteiger partial charge in [0.2, 0.25) is 5.91 Å².